The number of halogens is 2. The van der Waals surface area contributed by atoms with Crippen LogP contribution in [0.5, 0.6) is 0 Å². The van der Waals surface area contributed by atoms with Gasteiger partial charge in [-0.2, -0.15) is 4.99 Å². The smallest absolute Gasteiger partial charge is 0.318 e. The summed E-state index contributed by atoms with van der Waals surface area (Å²) in [6.07, 6.45) is 4.66. The first-order valence-corrected chi connectivity index (χ1v) is 10.6. The van der Waals surface area contributed by atoms with Crippen LogP contribution in [-0.4, -0.2) is 39.3 Å². The number of hydrogen-bond donors (Lipinski definition) is 1. The molecule has 144 valence electrons. The van der Waals surface area contributed by atoms with E-state index in [-0.39, 0.29) is 23.2 Å². The van der Waals surface area contributed by atoms with E-state index in [1.165, 1.54) is 0 Å². The summed E-state index contributed by atoms with van der Waals surface area (Å²) in [5.41, 5.74) is 0.664. The first-order valence-electron chi connectivity index (χ1n) is 9.39. The lowest BCUT2D eigenvalue weighted by Crippen LogP contribution is -2.81. The molecule has 5 aliphatic rings. The second kappa shape index (κ2) is 4.82. The Kier molecular flexibility index (Phi) is 2.93. The van der Waals surface area contributed by atoms with Gasteiger partial charge < -0.3 is 10.2 Å². The van der Waals surface area contributed by atoms with Crippen molar-refractivity contribution < 1.29 is 9.59 Å². The van der Waals surface area contributed by atoms with E-state index in [4.69, 9.17) is 11.6 Å². The second-order valence-corrected chi connectivity index (χ2v) is 10.2. The number of amides is 3. The van der Waals surface area contributed by atoms with Crippen molar-refractivity contribution in [3.8, 4) is 0 Å². The number of anilines is 1. The van der Waals surface area contributed by atoms with Crippen molar-refractivity contribution in [2.75, 3.05) is 4.90 Å². The maximum Gasteiger partial charge on any atom is 0.343 e. The summed E-state index contributed by atoms with van der Waals surface area (Å²) in [5.74, 6) is 0.0595. The van der Waals surface area contributed by atoms with E-state index in [9.17, 15) is 9.59 Å². The molecule has 1 N–H and O–H groups in total. The highest BCUT2D eigenvalue weighted by Crippen LogP contribution is 2.67. The third kappa shape index (κ3) is 1.56. The second-order valence-electron chi connectivity index (χ2n) is 8.78. The molecule has 6 rings (SSSR count). The molecule has 28 heavy (non-hydrogen) atoms. The molecule has 0 unspecified atom stereocenters. The van der Waals surface area contributed by atoms with Gasteiger partial charge in [0, 0.05) is 45.9 Å². The Labute approximate surface area is 175 Å². The third-order valence-corrected chi connectivity index (χ3v) is 8.60. The van der Waals surface area contributed by atoms with Crippen LogP contribution in [-0.2, 0) is 4.79 Å². The zero-order valence-corrected chi connectivity index (χ0v) is 17.7. The van der Waals surface area contributed by atoms with Gasteiger partial charge in [-0.25, -0.2) is 4.79 Å². The number of aliphatic imine (C=N–C) groups is 1. The number of carbonyl (C=O) groups excluding carboxylic acids is 2. The summed E-state index contributed by atoms with van der Waals surface area (Å²) in [6.45, 7) is 4.15. The zero-order chi connectivity index (χ0) is 19.6. The van der Waals surface area contributed by atoms with E-state index >= 15 is 0 Å². The first kappa shape index (κ1) is 17.0. The zero-order valence-electron chi connectivity index (χ0n) is 15.4. The van der Waals surface area contributed by atoms with Gasteiger partial charge in [-0.15, -0.1) is 11.6 Å². The molecule has 4 atom stereocenters. The van der Waals surface area contributed by atoms with Crippen LogP contribution in [0.4, 0.5) is 10.5 Å². The first-order chi connectivity index (χ1) is 13.2. The monoisotopic (exact) mass is 460 g/mol. The molecule has 0 saturated carbocycles. The number of benzene rings is 1. The van der Waals surface area contributed by atoms with E-state index < -0.39 is 16.7 Å². The Bertz CT molecular complexity index is 1050. The summed E-state index contributed by atoms with van der Waals surface area (Å²) >= 11 is 10.6. The lowest BCUT2D eigenvalue weighted by Gasteiger charge is -2.63. The molecule has 0 radical (unpaired) electrons. The van der Waals surface area contributed by atoms with Crippen LogP contribution < -0.4 is 10.2 Å². The van der Waals surface area contributed by atoms with Crippen LogP contribution in [0.2, 0.25) is 0 Å². The normalized spacial score (nSPS) is 38.6. The number of fused-ring (bicyclic) bond motifs is 2. The number of alkyl halides is 1. The van der Waals surface area contributed by atoms with Gasteiger partial charge in [0.15, 0.2) is 5.66 Å². The van der Waals surface area contributed by atoms with E-state index in [1.54, 1.807) is 0 Å². The molecule has 2 spiro atoms. The maximum atomic E-state index is 13.0. The predicted molar refractivity (Wildman–Crippen MR) is 109 cm³/mol. The third-order valence-electron chi connectivity index (χ3n) is 7.41. The van der Waals surface area contributed by atoms with Crippen LogP contribution in [0, 0.1) is 5.41 Å². The van der Waals surface area contributed by atoms with Crippen molar-refractivity contribution in [3.05, 3.63) is 40.5 Å². The van der Waals surface area contributed by atoms with Crippen molar-refractivity contribution in [1.82, 2.24) is 10.2 Å². The van der Waals surface area contributed by atoms with Crippen LogP contribution in [0.3, 0.4) is 0 Å². The summed E-state index contributed by atoms with van der Waals surface area (Å²) < 4.78 is 0.954. The fraction of sp³-hybridized carbons (Fsp3) is 0.450. The molecule has 5 aliphatic heterocycles. The van der Waals surface area contributed by atoms with Gasteiger partial charge in [-0.1, -0.05) is 35.8 Å². The fourth-order valence-corrected chi connectivity index (χ4v) is 6.84. The lowest BCUT2D eigenvalue weighted by atomic mass is 9.65. The predicted octanol–water partition coefficient (Wildman–Crippen LogP) is 3.71. The number of hydrogen-bond acceptors (Lipinski definition) is 3. The Morgan fingerprint density at radius 2 is 2.11 bits per heavy atom. The summed E-state index contributed by atoms with van der Waals surface area (Å²) in [6, 6.07) is 5.81. The number of nitrogens with zero attached hydrogens (tertiary/aromatic N) is 3. The molecule has 6 nitrogen and oxygen atoms in total. The van der Waals surface area contributed by atoms with Crippen molar-refractivity contribution in [2.45, 2.75) is 49.3 Å². The fourth-order valence-electron chi connectivity index (χ4n) is 6.11. The van der Waals surface area contributed by atoms with Gasteiger partial charge in [0.05, 0.1) is 5.71 Å². The molecule has 0 aromatic heterocycles. The number of nitrogens with one attached hydrogen (secondary N) is 1. The number of rotatable bonds is 0. The molecular formula is C20H18BrClN4O2. The van der Waals surface area contributed by atoms with Crippen LogP contribution in [0.1, 0.15) is 38.2 Å². The van der Waals surface area contributed by atoms with Gasteiger partial charge >= 0.3 is 6.03 Å². The lowest BCUT2D eigenvalue weighted by molar-refractivity contribution is -0.129. The number of piperidine rings is 1. The molecule has 2 bridgehead atoms. The number of urea groups is 1. The van der Waals surface area contributed by atoms with Gasteiger partial charge in [-0.05, 0) is 23.8 Å². The molecule has 2 saturated heterocycles. The molecule has 1 aromatic rings. The van der Waals surface area contributed by atoms with Crippen molar-refractivity contribution >= 4 is 50.9 Å². The Balaban J connectivity index is 1.77. The highest BCUT2D eigenvalue weighted by molar-refractivity contribution is 9.10. The van der Waals surface area contributed by atoms with Crippen molar-refractivity contribution in [2.24, 2.45) is 10.4 Å². The van der Waals surface area contributed by atoms with Gasteiger partial charge in [0.1, 0.15) is 5.66 Å². The molecule has 2 fully saturated rings. The van der Waals surface area contributed by atoms with E-state index in [1.807, 2.05) is 23.2 Å². The molecule has 0 aliphatic carbocycles. The van der Waals surface area contributed by atoms with E-state index in [0.717, 1.165) is 15.7 Å². The standard InChI is InChI=1S/C20H18BrClN4O2/c1-18(2)14(22)9-19-12-8-16(27)25(19)6-5-15-20(18,24-17(28)23-15)26(19)13-7-10(21)3-4-11(12)13/h3-7,12,14H,8-9H2,1-2H3,(H,24,28)/t12-,14-,19+,20+/m1/s1. The quantitative estimate of drug-likeness (QED) is 0.599. The SMILES string of the molecule is CC1(C)[C@H](Cl)C[C@]23[C@@H]4CC(=O)N2C=CC2=NC(=O)N[C@]21N3c1cc(Br)ccc14. The van der Waals surface area contributed by atoms with E-state index in [2.05, 4.69) is 57.1 Å². The summed E-state index contributed by atoms with van der Waals surface area (Å²) in [7, 11) is 0. The summed E-state index contributed by atoms with van der Waals surface area (Å²) in [5, 5.41) is 2.90. The van der Waals surface area contributed by atoms with Crippen LogP contribution in [0.25, 0.3) is 0 Å². The van der Waals surface area contributed by atoms with Crippen molar-refractivity contribution in [1.29, 1.82) is 0 Å². The highest BCUT2D eigenvalue weighted by atomic mass is 79.9. The average Bonchev–Trinajstić information content (AvgIpc) is 3.14. The van der Waals surface area contributed by atoms with E-state index in [0.29, 0.717) is 18.6 Å². The molecule has 3 amide bonds. The average molecular weight is 462 g/mol. The minimum absolute atomic E-state index is 0.0150. The van der Waals surface area contributed by atoms with Crippen LogP contribution in [0.15, 0.2) is 39.9 Å². The highest BCUT2D eigenvalue weighted by Gasteiger charge is 2.76. The molecule has 1 aromatic carbocycles. The molecule has 8 heteroatoms. The van der Waals surface area contributed by atoms with Gasteiger partial charge in [0.2, 0.25) is 5.91 Å². The number of carbonyl (C=O) groups is 2. The minimum atomic E-state index is -0.922. The Hall–Kier alpha value is -1.86. The van der Waals surface area contributed by atoms with Gasteiger partial charge in [-0.3, -0.25) is 9.69 Å². The van der Waals surface area contributed by atoms with Crippen molar-refractivity contribution in [3.63, 3.8) is 0 Å². The Morgan fingerprint density at radius 1 is 1.32 bits per heavy atom. The molecular weight excluding hydrogens is 444 g/mol. The van der Waals surface area contributed by atoms with Gasteiger partial charge in [0.25, 0.3) is 0 Å². The topological polar surface area (TPSA) is 65.0 Å². The summed E-state index contributed by atoms with van der Waals surface area (Å²) in [4.78, 5) is 34.0. The minimum Gasteiger partial charge on any atom is -0.318 e. The molecule has 5 heterocycles. The van der Waals surface area contributed by atoms with Crippen LogP contribution >= 0.6 is 27.5 Å². The maximum absolute atomic E-state index is 13.0. The Morgan fingerprint density at radius 3 is 2.89 bits per heavy atom. The largest absolute Gasteiger partial charge is 0.343 e.